The van der Waals surface area contributed by atoms with Crippen LogP contribution in [-0.4, -0.2) is 39.4 Å². The normalized spacial score (nSPS) is 16.3. The van der Waals surface area contributed by atoms with E-state index < -0.39 is 12.1 Å². The van der Waals surface area contributed by atoms with Crippen LogP contribution in [0.2, 0.25) is 0 Å². The van der Waals surface area contributed by atoms with E-state index in [2.05, 4.69) is 0 Å². The average Bonchev–Trinajstić information content (AvgIpc) is 3.30. The molecular formula is C20H19NO6S2. The van der Waals surface area contributed by atoms with Gasteiger partial charge in [0, 0.05) is 0 Å². The Morgan fingerprint density at radius 3 is 2.79 bits per heavy atom. The molecule has 1 N–H and O–H groups in total. The number of methoxy groups -OCH3 is 1. The van der Waals surface area contributed by atoms with Crippen LogP contribution in [0.15, 0.2) is 45.9 Å². The van der Waals surface area contributed by atoms with Crippen molar-refractivity contribution in [3.05, 3.63) is 52.8 Å². The number of nitrogens with zero attached hydrogens (tertiary/aromatic N) is 1. The van der Waals surface area contributed by atoms with Gasteiger partial charge in [0.25, 0.3) is 5.91 Å². The van der Waals surface area contributed by atoms with Crippen molar-refractivity contribution >= 4 is 46.3 Å². The van der Waals surface area contributed by atoms with E-state index in [0.717, 1.165) is 0 Å². The molecule has 152 valence electrons. The lowest BCUT2D eigenvalue weighted by atomic mass is 10.1. The van der Waals surface area contributed by atoms with Crippen molar-refractivity contribution in [3.63, 3.8) is 0 Å². The summed E-state index contributed by atoms with van der Waals surface area (Å²) in [5.74, 6) is 0.106. The number of benzene rings is 1. The zero-order valence-electron chi connectivity index (χ0n) is 15.8. The summed E-state index contributed by atoms with van der Waals surface area (Å²) in [6.07, 6.45) is 2.61. The molecule has 0 bridgehead atoms. The maximum Gasteiger partial charge on any atom is 0.344 e. The van der Waals surface area contributed by atoms with E-state index in [0.29, 0.717) is 38.5 Å². The van der Waals surface area contributed by atoms with E-state index in [9.17, 15) is 14.7 Å². The van der Waals surface area contributed by atoms with Crippen LogP contribution >= 0.6 is 24.0 Å². The average molecular weight is 434 g/mol. The van der Waals surface area contributed by atoms with Gasteiger partial charge in [0.1, 0.15) is 10.1 Å². The maximum absolute atomic E-state index is 12.7. The van der Waals surface area contributed by atoms with Crippen LogP contribution in [-0.2, 0) is 16.1 Å². The first-order chi connectivity index (χ1) is 13.9. The highest BCUT2D eigenvalue weighted by Gasteiger charge is 2.32. The van der Waals surface area contributed by atoms with Crippen LogP contribution in [0, 0.1) is 0 Å². The summed E-state index contributed by atoms with van der Waals surface area (Å²) in [4.78, 5) is 25.9. The van der Waals surface area contributed by atoms with E-state index in [1.54, 1.807) is 49.6 Å². The largest absolute Gasteiger partial charge is 0.493 e. The molecule has 1 atom stereocenters. The minimum atomic E-state index is -1.04. The van der Waals surface area contributed by atoms with Crippen molar-refractivity contribution in [2.75, 3.05) is 7.11 Å². The van der Waals surface area contributed by atoms with E-state index in [-0.39, 0.29) is 12.5 Å². The van der Waals surface area contributed by atoms with Crippen molar-refractivity contribution in [1.29, 1.82) is 0 Å². The number of aliphatic carboxylic acids is 1. The predicted octanol–water partition coefficient (Wildman–Crippen LogP) is 3.93. The first-order valence-electron chi connectivity index (χ1n) is 8.78. The van der Waals surface area contributed by atoms with E-state index in [1.807, 2.05) is 0 Å². The highest BCUT2D eigenvalue weighted by Crippen LogP contribution is 2.35. The number of carboxylic acids is 1. The SMILES string of the molecule is CCC(Oc1ccc(/C=C2/SC(=S)N(Cc3ccco3)C2=O)cc1OC)C(=O)O. The number of carbonyl (C=O) groups excluding carboxylic acids is 1. The maximum atomic E-state index is 12.7. The van der Waals surface area contributed by atoms with E-state index in [1.165, 1.54) is 23.8 Å². The molecule has 1 unspecified atom stereocenters. The van der Waals surface area contributed by atoms with Gasteiger partial charge in [-0.1, -0.05) is 37.0 Å². The second-order valence-electron chi connectivity index (χ2n) is 6.11. The zero-order chi connectivity index (χ0) is 21.0. The Bertz CT molecular complexity index is 954. The standard InChI is InChI=1S/C20H19NO6S2/c1-3-14(19(23)24)27-15-7-6-12(9-16(15)25-2)10-17-18(22)21(20(28)29-17)11-13-5-4-8-26-13/h4-10,14H,3,11H2,1-2H3,(H,23,24)/b17-10+. The Kier molecular flexibility index (Phi) is 6.60. The third kappa shape index (κ3) is 4.80. The van der Waals surface area contributed by atoms with Gasteiger partial charge in [-0.05, 0) is 42.3 Å². The lowest BCUT2D eigenvalue weighted by Gasteiger charge is -2.16. The Morgan fingerprint density at radius 1 is 1.38 bits per heavy atom. The number of carbonyl (C=O) groups is 2. The van der Waals surface area contributed by atoms with Crippen LogP contribution in [0.1, 0.15) is 24.7 Å². The van der Waals surface area contributed by atoms with Gasteiger partial charge in [-0.15, -0.1) is 0 Å². The Balaban J connectivity index is 1.80. The van der Waals surface area contributed by atoms with Gasteiger partial charge < -0.3 is 19.0 Å². The number of thioether (sulfide) groups is 1. The first kappa shape index (κ1) is 20.9. The monoisotopic (exact) mass is 433 g/mol. The molecule has 29 heavy (non-hydrogen) atoms. The predicted molar refractivity (Wildman–Crippen MR) is 113 cm³/mol. The second kappa shape index (κ2) is 9.15. The molecule has 1 amide bonds. The molecule has 9 heteroatoms. The summed E-state index contributed by atoms with van der Waals surface area (Å²) < 4.78 is 16.6. The molecule has 2 aromatic rings. The third-order valence-electron chi connectivity index (χ3n) is 4.17. The van der Waals surface area contributed by atoms with Crippen LogP contribution in [0.25, 0.3) is 6.08 Å². The Morgan fingerprint density at radius 2 is 2.17 bits per heavy atom. The Hall–Kier alpha value is -2.78. The fourth-order valence-electron chi connectivity index (χ4n) is 2.68. The number of amides is 1. The number of ether oxygens (including phenoxy) is 2. The summed E-state index contributed by atoms with van der Waals surface area (Å²) in [5.41, 5.74) is 0.705. The molecule has 1 fully saturated rings. The quantitative estimate of drug-likeness (QED) is 0.495. The molecule has 0 aliphatic carbocycles. The lowest BCUT2D eigenvalue weighted by Crippen LogP contribution is -2.27. The summed E-state index contributed by atoms with van der Waals surface area (Å²) in [5, 5.41) is 9.17. The smallest absolute Gasteiger partial charge is 0.344 e. The first-order valence-corrected chi connectivity index (χ1v) is 10.0. The molecule has 0 spiro atoms. The van der Waals surface area contributed by atoms with Crippen LogP contribution in [0.3, 0.4) is 0 Å². The molecule has 1 saturated heterocycles. The van der Waals surface area contributed by atoms with Crippen LogP contribution in [0.4, 0.5) is 0 Å². The second-order valence-corrected chi connectivity index (χ2v) is 7.79. The molecule has 7 nitrogen and oxygen atoms in total. The number of hydrogen-bond donors (Lipinski definition) is 1. The van der Waals surface area contributed by atoms with Crippen molar-refractivity contribution in [2.24, 2.45) is 0 Å². The van der Waals surface area contributed by atoms with E-state index in [4.69, 9.17) is 26.1 Å². The number of rotatable bonds is 8. The van der Waals surface area contributed by atoms with Crippen LogP contribution in [0.5, 0.6) is 11.5 Å². The summed E-state index contributed by atoms with van der Waals surface area (Å²) in [6.45, 7) is 2.00. The van der Waals surface area contributed by atoms with Crippen molar-refractivity contribution in [1.82, 2.24) is 4.90 Å². The number of furan rings is 1. The minimum Gasteiger partial charge on any atom is -0.493 e. The summed E-state index contributed by atoms with van der Waals surface area (Å²) >= 11 is 6.54. The highest BCUT2D eigenvalue weighted by atomic mass is 32.2. The van der Waals surface area contributed by atoms with Gasteiger partial charge in [-0.25, -0.2) is 4.79 Å². The molecule has 1 aromatic heterocycles. The molecule has 3 rings (SSSR count). The molecular weight excluding hydrogens is 414 g/mol. The molecule has 1 aromatic carbocycles. The Labute approximate surface area is 177 Å². The fourth-order valence-corrected chi connectivity index (χ4v) is 3.93. The molecule has 1 aliphatic heterocycles. The number of thiocarbonyl (C=S) groups is 1. The molecule has 2 heterocycles. The van der Waals surface area contributed by atoms with Gasteiger partial charge in [-0.2, -0.15) is 0 Å². The van der Waals surface area contributed by atoms with Gasteiger partial charge in [0.15, 0.2) is 17.6 Å². The lowest BCUT2D eigenvalue weighted by molar-refractivity contribution is -0.145. The number of hydrogen-bond acceptors (Lipinski definition) is 7. The van der Waals surface area contributed by atoms with Crippen molar-refractivity contribution in [2.45, 2.75) is 26.0 Å². The molecule has 0 saturated carbocycles. The molecule has 0 radical (unpaired) electrons. The van der Waals surface area contributed by atoms with Crippen molar-refractivity contribution in [3.8, 4) is 11.5 Å². The fraction of sp³-hybridized carbons (Fsp3) is 0.250. The summed E-state index contributed by atoms with van der Waals surface area (Å²) in [7, 11) is 1.47. The van der Waals surface area contributed by atoms with Gasteiger partial charge in [-0.3, -0.25) is 9.69 Å². The third-order valence-corrected chi connectivity index (χ3v) is 5.55. The number of carboxylic acid groups (broad SMARTS) is 1. The topological polar surface area (TPSA) is 89.2 Å². The van der Waals surface area contributed by atoms with E-state index >= 15 is 0 Å². The highest BCUT2D eigenvalue weighted by molar-refractivity contribution is 8.26. The zero-order valence-corrected chi connectivity index (χ0v) is 17.4. The van der Waals surface area contributed by atoms with Gasteiger partial charge >= 0.3 is 5.97 Å². The van der Waals surface area contributed by atoms with Crippen LogP contribution < -0.4 is 9.47 Å². The van der Waals surface area contributed by atoms with Gasteiger partial charge in [0.05, 0.1) is 24.8 Å². The minimum absolute atomic E-state index is 0.201. The van der Waals surface area contributed by atoms with Crippen molar-refractivity contribution < 1.29 is 28.6 Å². The summed E-state index contributed by atoms with van der Waals surface area (Å²) in [6, 6.07) is 8.58. The van der Waals surface area contributed by atoms with Gasteiger partial charge in [0.2, 0.25) is 0 Å². The molecule has 1 aliphatic rings.